The Hall–Kier alpha value is -0.530. The predicted molar refractivity (Wildman–Crippen MR) is 94.2 cm³/mol. The Labute approximate surface area is 142 Å². The maximum atomic E-state index is 12.1. The maximum absolute atomic E-state index is 12.1. The first-order chi connectivity index (χ1) is 11.2. The fourth-order valence-corrected chi connectivity index (χ4v) is 5.71. The van der Waals surface area contributed by atoms with Gasteiger partial charge in [-0.3, -0.25) is 4.79 Å². The van der Waals surface area contributed by atoms with E-state index in [1.165, 1.54) is 83.5 Å². The zero-order valence-electron chi connectivity index (χ0n) is 15.2. The number of cyclic esters (lactones) is 1. The van der Waals surface area contributed by atoms with Gasteiger partial charge < -0.3 is 4.74 Å². The van der Waals surface area contributed by atoms with Gasteiger partial charge in [-0.05, 0) is 31.6 Å². The highest BCUT2D eigenvalue weighted by Crippen LogP contribution is 2.73. The molecule has 0 radical (unpaired) electrons. The summed E-state index contributed by atoms with van der Waals surface area (Å²) in [5.74, 6) is 0.793. The van der Waals surface area contributed by atoms with Crippen LogP contribution < -0.4 is 0 Å². The number of fused-ring (bicyclic) bond motifs is 1. The highest BCUT2D eigenvalue weighted by Gasteiger charge is 2.73. The van der Waals surface area contributed by atoms with Crippen LogP contribution in [0.15, 0.2) is 0 Å². The first kappa shape index (κ1) is 17.3. The quantitative estimate of drug-likeness (QED) is 0.324. The molecule has 2 bridgehead atoms. The zero-order valence-corrected chi connectivity index (χ0v) is 15.2. The lowest BCUT2D eigenvalue weighted by Crippen LogP contribution is -2.53. The standard InChI is InChI=1S/C21H36O2/c1-2-3-4-5-6-7-8-9-10-11-12-13-18-14-20-15-21(18,16-20)19(22)23-17-20/h18H,2-17H2,1H3. The SMILES string of the molecule is CCCCCCCCCCCCCC1CC23COC(=O)C1(C2)C3. The van der Waals surface area contributed by atoms with Crippen LogP contribution in [-0.2, 0) is 9.53 Å². The Balaban J connectivity index is 1.19. The van der Waals surface area contributed by atoms with Crippen LogP contribution in [0.4, 0.5) is 0 Å². The molecule has 4 fully saturated rings. The molecule has 0 amide bonds. The molecule has 23 heavy (non-hydrogen) atoms. The summed E-state index contributed by atoms with van der Waals surface area (Å²) < 4.78 is 5.41. The molecule has 1 heterocycles. The summed E-state index contributed by atoms with van der Waals surface area (Å²) in [5, 5.41) is 0. The number of carbonyl (C=O) groups excluding carboxylic acids is 1. The minimum Gasteiger partial charge on any atom is -0.465 e. The molecule has 1 saturated heterocycles. The van der Waals surface area contributed by atoms with Crippen LogP contribution in [0, 0.1) is 16.7 Å². The van der Waals surface area contributed by atoms with Crippen LogP contribution >= 0.6 is 0 Å². The van der Waals surface area contributed by atoms with Gasteiger partial charge in [-0.25, -0.2) is 0 Å². The van der Waals surface area contributed by atoms with Crippen LogP contribution in [0.1, 0.15) is 103 Å². The van der Waals surface area contributed by atoms with Crippen LogP contribution in [0.25, 0.3) is 0 Å². The van der Waals surface area contributed by atoms with Crippen molar-refractivity contribution in [3.63, 3.8) is 0 Å². The molecule has 2 nitrogen and oxygen atoms in total. The van der Waals surface area contributed by atoms with Gasteiger partial charge in [-0.1, -0.05) is 77.6 Å². The van der Waals surface area contributed by atoms with E-state index in [1.54, 1.807) is 0 Å². The Morgan fingerprint density at radius 2 is 1.48 bits per heavy atom. The van der Waals surface area contributed by atoms with E-state index in [2.05, 4.69) is 6.92 Å². The minimum atomic E-state index is -0.0171. The van der Waals surface area contributed by atoms with Gasteiger partial charge in [-0.2, -0.15) is 0 Å². The summed E-state index contributed by atoms with van der Waals surface area (Å²) in [7, 11) is 0. The second-order valence-electron chi connectivity index (χ2n) is 8.81. The van der Waals surface area contributed by atoms with Crippen molar-refractivity contribution in [1.82, 2.24) is 0 Å². The largest absolute Gasteiger partial charge is 0.465 e. The highest BCUT2D eigenvalue weighted by atomic mass is 16.5. The predicted octanol–water partition coefficient (Wildman–Crippen LogP) is 6.03. The topological polar surface area (TPSA) is 26.3 Å². The lowest BCUT2D eigenvalue weighted by Gasteiger charge is -2.51. The average Bonchev–Trinajstić information content (AvgIpc) is 2.96. The van der Waals surface area contributed by atoms with Crippen LogP contribution in [0.2, 0.25) is 0 Å². The third-order valence-corrected chi connectivity index (χ3v) is 6.91. The van der Waals surface area contributed by atoms with E-state index in [-0.39, 0.29) is 11.4 Å². The number of carbonyl (C=O) groups is 1. The summed E-state index contributed by atoms with van der Waals surface area (Å²) >= 11 is 0. The van der Waals surface area contributed by atoms with Gasteiger partial charge in [0.15, 0.2) is 0 Å². The molecule has 1 unspecified atom stereocenters. The van der Waals surface area contributed by atoms with E-state index in [0.717, 1.165) is 19.4 Å². The number of hydrogen-bond acceptors (Lipinski definition) is 2. The summed E-state index contributed by atoms with van der Waals surface area (Å²) in [5.41, 5.74) is 0.410. The number of unbranched alkanes of at least 4 members (excludes halogenated alkanes) is 10. The Kier molecular flexibility index (Phi) is 5.69. The van der Waals surface area contributed by atoms with Gasteiger partial charge >= 0.3 is 5.97 Å². The van der Waals surface area contributed by atoms with Gasteiger partial charge in [-0.15, -0.1) is 0 Å². The Bertz CT molecular complexity index is 395. The average molecular weight is 321 g/mol. The number of rotatable bonds is 12. The molecular formula is C21H36O2. The monoisotopic (exact) mass is 320 g/mol. The smallest absolute Gasteiger partial charge is 0.312 e. The second-order valence-corrected chi connectivity index (χ2v) is 8.81. The molecule has 4 rings (SSSR count). The Morgan fingerprint density at radius 1 is 0.913 bits per heavy atom. The molecule has 0 spiro atoms. The lowest BCUT2D eigenvalue weighted by atomic mass is 9.57. The fourth-order valence-electron chi connectivity index (χ4n) is 5.71. The fraction of sp³-hybridized carbons (Fsp3) is 0.952. The van der Waals surface area contributed by atoms with E-state index in [9.17, 15) is 4.79 Å². The molecule has 1 atom stereocenters. The summed E-state index contributed by atoms with van der Waals surface area (Å²) in [4.78, 5) is 12.1. The van der Waals surface area contributed by atoms with E-state index in [0.29, 0.717) is 11.3 Å². The van der Waals surface area contributed by atoms with Crippen molar-refractivity contribution in [2.24, 2.45) is 16.7 Å². The van der Waals surface area contributed by atoms with E-state index in [1.807, 2.05) is 0 Å². The lowest BCUT2D eigenvalue weighted by molar-refractivity contribution is -0.191. The van der Waals surface area contributed by atoms with Crippen molar-refractivity contribution in [2.45, 2.75) is 103 Å². The molecule has 132 valence electrons. The summed E-state index contributed by atoms with van der Waals surface area (Å²) in [6.45, 7) is 3.01. The van der Waals surface area contributed by atoms with Crippen molar-refractivity contribution in [3.8, 4) is 0 Å². The van der Waals surface area contributed by atoms with Gasteiger partial charge in [0.05, 0.1) is 12.0 Å². The molecule has 4 aliphatic rings. The van der Waals surface area contributed by atoms with Gasteiger partial charge in [0.25, 0.3) is 0 Å². The van der Waals surface area contributed by atoms with Crippen LogP contribution in [-0.4, -0.2) is 12.6 Å². The van der Waals surface area contributed by atoms with E-state index < -0.39 is 0 Å². The van der Waals surface area contributed by atoms with Crippen LogP contribution in [0.3, 0.4) is 0 Å². The number of hydrogen-bond donors (Lipinski definition) is 0. The molecule has 3 saturated carbocycles. The molecule has 0 aromatic carbocycles. The maximum Gasteiger partial charge on any atom is 0.312 e. The highest BCUT2D eigenvalue weighted by molar-refractivity contribution is 5.81. The minimum absolute atomic E-state index is 0.0171. The van der Waals surface area contributed by atoms with Crippen molar-refractivity contribution in [2.75, 3.05) is 6.61 Å². The molecular weight excluding hydrogens is 284 g/mol. The van der Waals surface area contributed by atoms with Gasteiger partial charge in [0, 0.05) is 5.41 Å². The molecule has 3 aliphatic carbocycles. The van der Waals surface area contributed by atoms with E-state index in [4.69, 9.17) is 4.74 Å². The van der Waals surface area contributed by atoms with Crippen molar-refractivity contribution < 1.29 is 9.53 Å². The number of ether oxygens (including phenoxy) is 1. The molecule has 0 aromatic rings. The van der Waals surface area contributed by atoms with Crippen molar-refractivity contribution in [1.29, 1.82) is 0 Å². The zero-order chi connectivity index (χ0) is 16.2. The first-order valence-corrected chi connectivity index (χ1v) is 10.4. The number of esters is 1. The summed E-state index contributed by atoms with van der Waals surface area (Å²) in [6, 6.07) is 0. The van der Waals surface area contributed by atoms with Crippen molar-refractivity contribution in [3.05, 3.63) is 0 Å². The Morgan fingerprint density at radius 3 is 2.09 bits per heavy atom. The summed E-state index contributed by atoms with van der Waals surface area (Å²) in [6.07, 6.45) is 20.3. The first-order valence-electron chi connectivity index (χ1n) is 10.4. The van der Waals surface area contributed by atoms with Gasteiger partial charge in [0.1, 0.15) is 0 Å². The molecule has 2 heteroatoms. The van der Waals surface area contributed by atoms with Crippen LogP contribution in [0.5, 0.6) is 0 Å². The van der Waals surface area contributed by atoms with Gasteiger partial charge in [0.2, 0.25) is 0 Å². The van der Waals surface area contributed by atoms with Crippen molar-refractivity contribution >= 4 is 5.97 Å². The molecule has 0 aromatic heterocycles. The third kappa shape index (κ3) is 3.61. The van der Waals surface area contributed by atoms with E-state index >= 15 is 0 Å². The third-order valence-electron chi connectivity index (χ3n) is 6.91. The normalized spacial score (nSPS) is 34.3. The molecule has 0 N–H and O–H groups in total. The molecule has 1 aliphatic heterocycles. The second kappa shape index (κ2) is 7.57.